The van der Waals surface area contributed by atoms with E-state index in [2.05, 4.69) is 180 Å². The molecular formula is C48H29NS2. The van der Waals surface area contributed by atoms with E-state index in [1.807, 2.05) is 22.7 Å². The van der Waals surface area contributed by atoms with E-state index in [9.17, 15) is 0 Å². The summed E-state index contributed by atoms with van der Waals surface area (Å²) in [5.74, 6) is 0. The summed E-state index contributed by atoms with van der Waals surface area (Å²) in [5.41, 5.74) is 11.1. The first-order valence-electron chi connectivity index (χ1n) is 17.4. The molecule has 11 aromatic rings. The van der Waals surface area contributed by atoms with Crippen molar-refractivity contribution in [2.45, 2.75) is 0 Å². The molecule has 0 N–H and O–H groups in total. The van der Waals surface area contributed by atoms with Gasteiger partial charge in [0.15, 0.2) is 0 Å². The van der Waals surface area contributed by atoms with E-state index in [0.717, 1.165) is 5.69 Å². The Morgan fingerprint density at radius 3 is 1.51 bits per heavy atom. The zero-order valence-electron chi connectivity index (χ0n) is 27.5. The van der Waals surface area contributed by atoms with Gasteiger partial charge in [0, 0.05) is 73.5 Å². The number of fused-ring (bicyclic) bond motifs is 9. The average molecular weight is 684 g/mol. The highest BCUT2D eigenvalue weighted by molar-refractivity contribution is 7.26. The fraction of sp³-hybridized carbons (Fsp3) is 0. The van der Waals surface area contributed by atoms with Gasteiger partial charge in [0.25, 0.3) is 0 Å². The summed E-state index contributed by atoms with van der Waals surface area (Å²) >= 11 is 3.80. The molecule has 51 heavy (non-hydrogen) atoms. The number of benzene rings is 8. The molecule has 0 fully saturated rings. The zero-order valence-corrected chi connectivity index (χ0v) is 29.1. The van der Waals surface area contributed by atoms with Gasteiger partial charge in [-0.1, -0.05) is 146 Å². The summed E-state index contributed by atoms with van der Waals surface area (Å²) in [7, 11) is 0. The molecule has 238 valence electrons. The van der Waals surface area contributed by atoms with Crippen molar-refractivity contribution in [3.8, 4) is 39.1 Å². The Hall–Kier alpha value is -6.00. The van der Waals surface area contributed by atoms with Crippen LogP contribution in [0.3, 0.4) is 0 Å². The second kappa shape index (κ2) is 11.3. The van der Waals surface area contributed by atoms with E-state index in [0.29, 0.717) is 0 Å². The van der Waals surface area contributed by atoms with E-state index in [1.54, 1.807) is 0 Å². The highest BCUT2D eigenvalue weighted by Crippen LogP contribution is 2.49. The van der Waals surface area contributed by atoms with Gasteiger partial charge in [-0.05, 0) is 47.0 Å². The van der Waals surface area contributed by atoms with Crippen molar-refractivity contribution < 1.29 is 0 Å². The molecule has 0 saturated carbocycles. The lowest BCUT2D eigenvalue weighted by Crippen LogP contribution is -1.96. The number of thiophene rings is 2. The number of rotatable bonds is 4. The van der Waals surface area contributed by atoms with E-state index in [4.69, 9.17) is 0 Å². The standard InChI is InChI=1S/C48H29NS2/c1-2-12-30(13-3-1)31-24-26-32(27-25-31)49-42-21-7-4-16-41(42)45-35(39-19-10-17-37-33-14-5-8-22-43(33)50-47(37)39)28-29-36(46(45)49)40-20-11-18-38-34-15-6-9-23-44(34)51-48(38)40/h1-29H. The monoisotopic (exact) mass is 683 g/mol. The Morgan fingerprint density at radius 1 is 0.333 bits per heavy atom. The zero-order chi connectivity index (χ0) is 33.5. The molecule has 3 aromatic heterocycles. The van der Waals surface area contributed by atoms with Crippen LogP contribution in [0.2, 0.25) is 0 Å². The highest BCUT2D eigenvalue weighted by atomic mass is 32.1. The van der Waals surface area contributed by atoms with E-state index >= 15 is 0 Å². The Bertz CT molecular complexity index is 3120. The van der Waals surface area contributed by atoms with Crippen molar-refractivity contribution in [3.63, 3.8) is 0 Å². The third-order valence-corrected chi connectivity index (χ3v) is 12.9. The van der Waals surface area contributed by atoms with Crippen molar-refractivity contribution in [2.24, 2.45) is 0 Å². The summed E-state index contributed by atoms with van der Waals surface area (Å²) < 4.78 is 7.82. The second-order valence-corrected chi connectivity index (χ2v) is 15.3. The number of aromatic nitrogens is 1. The smallest absolute Gasteiger partial charge is 0.0626 e. The minimum absolute atomic E-state index is 1.16. The van der Waals surface area contributed by atoms with E-state index in [-0.39, 0.29) is 0 Å². The topological polar surface area (TPSA) is 4.93 Å². The lowest BCUT2D eigenvalue weighted by atomic mass is 9.93. The molecule has 0 amide bonds. The molecule has 8 aromatic carbocycles. The first kappa shape index (κ1) is 28.8. The van der Waals surface area contributed by atoms with Crippen LogP contribution in [0.1, 0.15) is 0 Å². The van der Waals surface area contributed by atoms with Crippen LogP contribution in [-0.4, -0.2) is 4.57 Å². The van der Waals surface area contributed by atoms with Crippen LogP contribution in [0.15, 0.2) is 176 Å². The molecule has 0 aliphatic carbocycles. The predicted octanol–water partition coefficient (Wildman–Crippen LogP) is 14.5. The highest BCUT2D eigenvalue weighted by Gasteiger charge is 2.23. The number of nitrogens with zero attached hydrogens (tertiary/aromatic N) is 1. The summed E-state index contributed by atoms with van der Waals surface area (Å²) in [6.45, 7) is 0. The van der Waals surface area contributed by atoms with Crippen LogP contribution in [0.5, 0.6) is 0 Å². The van der Waals surface area contributed by atoms with Crippen molar-refractivity contribution in [1.29, 1.82) is 0 Å². The molecule has 0 aliphatic rings. The molecule has 0 radical (unpaired) electrons. The minimum atomic E-state index is 1.16. The molecule has 0 atom stereocenters. The predicted molar refractivity (Wildman–Crippen MR) is 223 cm³/mol. The van der Waals surface area contributed by atoms with Crippen molar-refractivity contribution in [3.05, 3.63) is 176 Å². The molecule has 11 rings (SSSR count). The van der Waals surface area contributed by atoms with Crippen LogP contribution >= 0.6 is 22.7 Å². The average Bonchev–Trinajstić information content (AvgIpc) is 3.88. The fourth-order valence-electron chi connectivity index (χ4n) is 8.16. The first-order chi connectivity index (χ1) is 25.3. The summed E-state index contributed by atoms with van der Waals surface area (Å²) in [6.07, 6.45) is 0. The molecule has 0 bridgehead atoms. The van der Waals surface area contributed by atoms with Crippen molar-refractivity contribution in [2.75, 3.05) is 0 Å². The second-order valence-electron chi connectivity index (χ2n) is 13.2. The molecular weight excluding hydrogens is 655 g/mol. The van der Waals surface area contributed by atoms with E-state index in [1.165, 1.54) is 95.5 Å². The normalized spacial score (nSPS) is 11.9. The number of hydrogen-bond donors (Lipinski definition) is 0. The third kappa shape index (κ3) is 4.32. The largest absolute Gasteiger partial charge is 0.309 e. The lowest BCUT2D eigenvalue weighted by molar-refractivity contribution is 1.18. The SMILES string of the molecule is c1ccc(-c2ccc(-n3c4ccccc4c4c(-c5cccc6c5sc5ccccc56)ccc(-c5cccc6c5sc5ccccc56)c43)cc2)cc1. The maximum atomic E-state index is 2.51. The Balaban J connectivity index is 1.27. The minimum Gasteiger partial charge on any atom is -0.309 e. The van der Waals surface area contributed by atoms with Gasteiger partial charge < -0.3 is 4.57 Å². The van der Waals surface area contributed by atoms with E-state index < -0.39 is 0 Å². The van der Waals surface area contributed by atoms with Gasteiger partial charge in [0.2, 0.25) is 0 Å². The number of hydrogen-bond acceptors (Lipinski definition) is 2. The molecule has 0 spiro atoms. The van der Waals surface area contributed by atoms with Gasteiger partial charge in [-0.15, -0.1) is 22.7 Å². The lowest BCUT2D eigenvalue weighted by Gasteiger charge is -2.15. The summed E-state index contributed by atoms with van der Waals surface area (Å²) in [4.78, 5) is 0. The third-order valence-electron chi connectivity index (χ3n) is 10.4. The summed E-state index contributed by atoms with van der Waals surface area (Å²) in [6, 6.07) is 64.8. The van der Waals surface area contributed by atoms with Gasteiger partial charge in [0.05, 0.1) is 11.0 Å². The first-order valence-corrected chi connectivity index (χ1v) is 19.0. The van der Waals surface area contributed by atoms with Gasteiger partial charge in [0.1, 0.15) is 0 Å². The van der Waals surface area contributed by atoms with Crippen LogP contribution < -0.4 is 0 Å². The van der Waals surface area contributed by atoms with Crippen LogP contribution in [0, 0.1) is 0 Å². The van der Waals surface area contributed by atoms with Crippen LogP contribution in [-0.2, 0) is 0 Å². The van der Waals surface area contributed by atoms with Gasteiger partial charge in [-0.25, -0.2) is 0 Å². The molecule has 0 saturated heterocycles. The molecule has 0 unspecified atom stereocenters. The van der Waals surface area contributed by atoms with Crippen molar-refractivity contribution in [1.82, 2.24) is 4.57 Å². The molecule has 3 heteroatoms. The van der Waals surface area contributed by atoms with Crippen LogP contribution in [0.4, 0.5) is 0 Å². The van der Waals surface area contributed by atoms with Gasteiger partial charge in [-0.3, -0.25) is 0 Å². The van der Waals surface area contributed by atoms with Crippen LogP contribution in [0.25, 0.3) is 101 Å². The molecule has 3 heterocycles. The maximum Gasteiger partial charge on any atom is 0.0626 e. The summed E-state index contributed by atoms with van der Waals surface area (Å²) in [5, 5.41) is 7.83. The molecule has 0 aliphatic heterocycles. The van der Waals surface area contributed by atoms with Crippen molar-refractivity contribution >= 4 is 84.8 Å². The van der Waals surface area contributed by atoms with Gasteiger partial charge in [-0.2, -0.15) is 0 Å². The fourth-order valence-corrected chi connectivity index (χ4v) is 10.6. The van der Waals surface area contributed by atoms with Gasteiger partial charge >= 0.3 is 0 Å². The maximum absolute atomic E-state index is 2.51. The molecule has 1 nitrogen and oxygen atoms in total. The Morgan fingerprint density at radius 2 is 0.843 bits per heavy atom. The quantitative estimate of drug-likeness (QED) is 0.174. The Kier molecular flexibility index (Phi) is 6.36. The number of para-hydroxylation sites is 1. The Labute approximate surface area is 302 Å².